The van der Waals surface area contributed by atoms with Gasteiger partial charge in [0, 0.05) is 6.54 Å². The van der Waals surface area contributed by atoms with E-state index in [9.17, 15) is 4.79 Å². The maximum absolute atomic E-state index is 11.9. The fourth-order valence-corrected chi connectivity index (χ4v) is 1.49. The van der Waals surface area contributed by atoms with E-state index in [0.29, 0.717) is 29.5 Å². The number of nitrogens with one attached hydrogen (secondary N) is 1. The number of nitrogens with two attached hydrogens (primary N) is 1. The molecule has 94 valence electrons. The highest BCUT2D eigenvalue weighted by Crippen LogP contribution is 2.24. The van der Waals surface area contributed by atoms with Crippen LogP contribution in [-0.4, -0.2) is 19.6 Å². The quantitative estimate of drug-likeness (QED) is 0.769. The van der Waals surface area contributed by atoms with Gasteiger partial charge in [0.15, 0.2) is 0 Å². The number of methoxy groups -OCH3 is 1. The van der Waals surface area contributed by atoms with Gasteiger partial charge in [-0.05, 0) is 24.5 Å². The van der Waals surface area contributed by atoms with Gasteiger partial charge in [-0.1, -0.05) is 19.9 Å². The molecule has 0 fully saturated rings. The largest absolute Gasteiger partial charge is 0.495 e. The van der Waals surface area contributed by atoms with Crippen molar-refractivity contribution >= 4 is 11.6 Å². The molecule has 0 atom stereocenters. The molecule has 0 aliphatic rings. The van der Waals surface area contributed by atoms with Gasteiger partial charge < -0.3 is 15.8 Å². The number of anilines is 1. The van der Waals surface area contributed by atoms with E-state index in [1.54, 1.807) is 18.2 Å². The minimum Gasteiger partial charge on any atom is -0.495 e. The summed E-state index contributed by atoms with van der Waals surface area (Å²) in [6.07, 6.45) is 0.954. The van der Waals surface area contributed by atoms with Gasteiger partial charge in [0.1, 0.15) is 5.75 Å². The van der Waals surface area contributed by atoms with Crippen molar-refractivity contribution in [1.82, 2.24) is 5.32 Å². The zero-order chi connectivity index (χ0) is 12.8. The standard InChI is InChI=1S/C13H20N2O2/c1-9(2)7-8-15-13(16)10-5-4-6-11(17-3)12(10)14/h4-6,9H,7-8,14H2,1-3H3,(H,15,16). The number of benzene rings is 1. The highest BCUT2D eigenvalue weighted by atomic mass is 16.5. The lowest BCUT2D eigenvalue weighted by Crippen LogP contribution is -2.26. The predicted molar refractivity (Wildman–Crippen MR) is 69.2 cm³/mol. The predicted octanol–water partition coefficient (Wildman–Crippen LogP) is 2.05. The second-order valence-corrected chi connectivity index (χ2v) is 4.36. The topological polar surface area (TPSA) is 64.3 Å². The Labute approximate surface area is 102 Å². The van der Waals surface area contributed by atoms with Gasteiger partial charge in [0.2, 0.25) is 0 Å². The van der Waals surface area contributed by atoms with Crippen LogP contribution in [0.25, 0.3) is 0 Å². The minimum atomic E-state index is -0.151. The Balaban J connectivity index is 2.69. The molecule has 0 aliphatic carbocycles. The molecule has 0 bridgehead atoms. The first-order chi connectivity index (χ1) is 8.06. The maximum Gasteiger partial charge on any atom is 0.253 e. The number of carbonyl (C=O) groups excluding carboxylic acids is 1. The molecule has 17 heavy (non-hydrogen) atoms. The summed E-state index contributed by atoms with van der Waals surface area (Å²) in [6.45, 7) is 4.89. The van der Waals surface area contributed by atoms with E-state index in [2.05, 4.69) is 19.2 Å². The van der Waals surface area contributed by atoms with Gasteiger partial charge in [0.05, 0.1) is 18.4 Å². The van der Waals surface area contributed by atoms with Gasteiger partial charge >= 0.3 is 0 Å². The first-order valence-electron chi connectivity index (χ1n) is 5.77. The lowest BCUT2D eigenvalue weighted by atomic mass is 10.1. The second-order valence-electron chi connectivity index (χ2n) is 4.36. The Morgan fingerprint density at radius 1 is 1.47 bits per heavy atom. The van der Waals surface area contributed by atoms with E-state index in [4.69, 9.17) is 10.5 Å². The molecule has 0 spiro atoms. The minimum absolute atomic E-state index is 0.151. The summed E-state index contributed by atoms with van der Waals surface area (Å²) in [5.41, 5.74) is 6.69. The number of carbonyl (C=O) groups is 1. The molecule has 0 unspecified atom stereocenters. The van der Waals surface area contributed by atoms with Crippen LogP contribution in [0.5, 0.6) is 5.75 Å². The second kappa shape index (κ2) is 6.13. The van der Waals surface area contributed by atoms with Crippen LogP contribution in [0.4, 0.5) is 5.69 Å². The van der Waals surface area contributed by atoms with Crippen molar-refractivity contribution in [2.75, 3.05) is 19.4 Å². The lowest BCUT2D eigenvalue weighted by Gasteiger charge is -2.11. The van der Waals surface area contributed by atoms with Gasteiger partial charge in [-0.3, -0.25) is 4.79 Å². The number of para-hydroxylation sites is 1. The molecular weight excluding hydrogens is 216 g/mol. The third-order valence-electron chi connectivity index (χ3n) is 2.54. The maximum atomic E-state index is 11.9. The van der Waals surface area contributed by atoms with Gasteiger partial charge in [-0.2, -0.15) is 0 Å². The summed E-state index contributed by atoms with van der Waals surface area (Å²) in [6, 6.07) is 5.19. The smallest absolute Gasteiger partial charge is 0.253 e. The van der Waals surface area contributed by atoms with E-state index < -0.39 is 0 Å². The Kier molecular flexibility index (Phi) is 4.82. The Hall–Kier alpha value is -1.71. The summed E-state index contributed by atoms with van der Waals surface area (Å²) < 4.78 is 5.07. The first kappa shape index (κ1) is 13.4. The van der Waals surface area contributed by atoms with E-state index in [-0.39, 0.29) is 5.91 Å². The summed E-state index contributed by atoms with van der Waals surface area (Å²) in [5, 5.41) is 2.85. The SMILES string of the molecule is COc1cccc(C(=O)NCCC(C)C)c1N. The average Bonchev–Trinajstić information content (AvgIpc) is 2.28. The van der Waals surface area contributed by atoms with Crippen LogP contribution >= 0.6 is 0 Å². The van der Waals surface area contributed by atoms with Crippen molar-refractivity contribution in [2.45, 2.75) is 20.3 Å². The number of hydrogen-bond donors (Lipinski definition) is 2. The van der Waals surface area contributed by atoms with Crippen LogP contribution in [0.2, 0.25) is 0 Å². The van der Waals surface area contributed by atoms with Gasteiger partial charge in [0.25, 0.3) is 5.91 Å². The summed E-state index contributed by atoms with van der Waals surface area (Å²) >= 11 is 0. The molecule has 3 N–H and O–H groups in total. The van der Waals surface area contributed by atoms with Crippen molar-refractivity contribution in [3.63, 3.8) is 0 Å². The monoisotopic (exact) mass is 236 g/mol. The lowest BCUT2D eigenvalue weighted by molar-refractivity contribution is 0.0952. The molecule has 1 aromatic rings. The number of ether oxygens (including phenoxy) is 1. The van der Waals surface area contributed by atoms with Crippen molar-refractivity contribution < 1.29 is 9.53 Å². The van der Waals surface area contributed by atoms with E-state index in [1.165, 1.54) is 7.11 Å². The number of nitrogen functional groups attached to an aromatic ring is 1. The normalized spacial score (nSPS) is 10.4. The summed E-state index contributed by atoms with van der Waals surface area (Å²) in [7, 11) is 1.53. The van der Waals surface area contributed by atoms with E-state index in [1.807, 2.05) is 0 Å². The molecule has 4 nitrogen and oxygen atoms in total. The van der Waals surface area contributed by atoms with Crippen LogP contribution in [0, 0.1) is 5.92 Å². The molecular formula is C13H20N2O2. The molecule has 0 radical (unpaired) electrons. The Morgan fingerprint density at radius 2 is 2.18 bits per heavy atom. The molecule has 0 saturated carbocycles. The molecule has 1 aromatic carbocycles. The molecule has 0 heterocycles. The third-order valence-corrected chi connectivity index (χ3v) is 2.54. The highest BCUT2D eigenvalue weighted by molar-refractivity contribution is 6.00. The summed E-state index contributed by atoms with van der Waals surface area (Å²) in [5.74, 6) is 0.946. The van der Waals surface area contributed by atoms with Crippen molar-refractivity contribution in [1.29, 1.82) is 0 Å². The van der Waals surface area contributed by atoms with Crippen molar-refractivity contribution in [3.05, 3.63) is 23.8 Å². The number of hydrogen-bond acceptors (Lipinski definition) is 3. The number of rotatable bonds is 5. The zero-order valence-corrected chi connectivity index (χ0v) is 10.6. The molecule has 1 rings (SSSR count). The molecule has 0 aliphatic heterocycles. The molecule has 0 aromatic heterocycles. The highest BCUT2D eigenvalue weighted by Gasteiger charge is 2.12. The average molecular weight is 236 g/mol. The van der Waals surface area contributed by atoms with Crippen molar-refractivity contribution in [2.24, 2.45) is 5.92 Å². The van der Waals surface area contributed by atoms with E-state index >= 15 is 0 Å². The third kappa shape index (κ3) is 3.66. The fraction of sp³-hybridized carbons (Fsp3) is 0.462. The van der Waals surface area contributed by atoms with Crippen LogP contribution in [0.1, 0.15) is 30.6 Å². The Morgan fingerprint density at radius 3 is 2.76 bits per heavy atom. The molecule has 1 amide bonds. The zero-order valence-electron chi connectivity index (χ0n) is 10.6. The van der Waals surface area contributed by atoms with Gasteiger partial charge in [-0.15, -0.1) is 0 Å². The van der Waals surface area contributed by atoms with Crippen LogP contribution in [0.15, 0.2) is 18.2 Å². The van der Waals surface area contributed by atoms with Crippen LogP contribution in [0.3, 0.4) is 0 Å². The van der Waals surface area contributed by atoms with Crippen LogP contribution < -0.4 is 15.8 Å². The Bertz CT molecular complexity index is 389. The van der Waals surface area contributed by atoms with Crippen LogP contribution in [-0.2, 0) is 0 Å². The molecule has 0 saturated heterocycles. The molecule has 4 heteroatoms. The van der Waals surface area contributed by atoms with E-state index in [0.717, 1.165) is 6.42 Å². The number of amides is 1. The summed E-state index contributed by atoms with van der Waals surface area (Å²) in [4.78, 5) is 11.9. The van der Waals surface area contributed by atoms with Gasteiger partial charge in [-0.25, -0.2) is 0 Å². The van der Waals surface area contributed by atoms with Crippen molar-refractivity contribution in [3.8, 4) is 5.75 Å². The first-order valence-corrected chi connectivity index (χ1v) is 5.77. The fourth-order valence-electron chi connectivity index (χ4n) is 1.49.